The van der Waals surface area contributed by atoms with Gasteiger partial charge in [0.15, 0.2) is 0 Å². The number of amides is 2. The Kier molecular flexibility index (Phi) is 3.32. The standard InChI is InChI=1S/C12H14N2O4S/c1-3-19(17,18)13-10-4-5-11-9(6-10)7-12(16)14(11)8(2)15/h4-6,13H,3,7H2,1-2H3. The maximum atomic E-state index is 11.7. The quantitative estimate of drug-likeness (QED) is 0.892. The number of carbonyl (C=O) groups is 2. The Morgan fingerprint density at radius 2 is 2.11 bits per heavy atom. The first-order valence-corrected chi connectivity index (χ1v) is 7.46. The molecule has 0 saturated heterocycles. The van der Waals surface area contributed by atoms with Crippen LogP contribution in [0, 0.1) is 0 Å². The molecule has 1 aliphatic heterocycles. The fraction of sp³-hybridized carbons (Fsp3) is 0.333. The van der Waals surface area contributed by atoms with Gasteiger partial charge >= 0.3 is 0 Å². The summed E-state index contributed by atoms with van der Waals surface area (Å²) in [5.41, 5.74) is 1.58. The van der Waals surface area contributed by atoms with Crippen molar-refractivity contribution < 1.29 is 18.0 Å². The summed E-state index contributed by atoms with van der Waals surface area (Å²) < 4.78 is 25.3. The molecule has 0 fully saturated rings. The summed E-state index contributed by atoms with van der Waals surface area (Å²) in [7, 11) is -3.35. The van der Waals surface area contributed by atoms with Gasteiger partial charge in [-0.2, -0.15) is 0 Å². The van der Waals surface area contributed by atoms with Crippen molar-refractivity contribution in [2.75, 3.05) is 15.4 Å². The number of anilines is 2. The van der Waals surface area contributed by atoms with E-state index in [-0.39, 0.29) is 24.0 Å². The molecule has 0 spiro atoms. The second-order valence-corrected chi connectivity index (χ2v) is 6.28. The van der Waals surface area contributed by atoms with Crippen LogP contribution in [0.3, 0.4) is 0 Å². The molecule has 0 radical (unpaired) electrons. The Hall–Kier alpha value is -1.89. The van der Waals surface area contributed by atoms with Crippen molar-refractivity contribution in [3.8, 4) is 0 Å². The predicted molar refractivity (Wildman–Crippen MR) is 71.4 cm³/mol. The molecule has 1 N–H and O–H groups in total. The van der Waals surface area contributed by atoms with Gasteiger partial charge in [-0.15, -0.1) is 0 Å². The summed E-state index contributed by atoms with van der Waals surface area (Å²) in [5, 5.41) is 0. The Bertz CT molecular complexity index is 652. The first kappa shape index (κ1) is 13.5. The molecule has 102 valence electrons. The minimum atomic E-state index is -3.35. The van der Waals surface area contributed by atoms with Gasteiger partial charge < -0.3 is 0 Å². The highest BCUT2D eigenvalue weighted by Gasteiger charge is 2.30. The molecule has 7 heteroatoms. The van der Waals surface area contributed by atoms with Gasteiger partial charge in [-0.05, 0) is 30.7 Å². The Morgan fingerprint density at radius 3 is 2.68 bits per heavy atom. The van der Waals surface area contributed by atoms with Gasteiger partial charge in [0, 0.05) is 12.6 Å². The molecular weight excluding hydrogens is 268 g/mol. The lowest BCUT2D eigenvalue weighted by atomic mass is 10.1. The van der Waals surface area contributed by atoms with Crippen LogP contribution in [0.2, 0.25) is 0 Å². The van der Waals surface area contributed by atoms with E-state index in [0.29, 0.717) is 16.9 Å². The van der Waals surface area contributed by atoms with Crippen molar-refractivity contribution in [2.45, 2.75) is 20.3 Å². The summed E-state index contributed by atoms with van der Waals surface area (Å²) >= 11 is 0. The first-order valence-electron chi connectivity index (χ1n) is 5.81. The summed E-state index contributed by atoms with van der Waals surface area (Å²) in [6, 6.07) is 4.71. The van der Waals surface area contributed by atoms with E-state index < -0.39 is 10.0 Å². The van der Waals surface area contributed by atoms with Gasteiger partial charge in [-0.25, -0.2) is 8.42 Å². The van der Waals surface area contributed by atoms with Crippen LogP contribution in [-0.4, -0.2) is 26.0 Å². The van der Waals surface area contributed by atoms with Gasteiger partial charge in [0.25, 0.3) is 0 Å². The first-order chi connectivity index (χ1) is 8.84. The summed E-state index contributed by atoms with van der Waals surface area (Å²) in [6.07, 6.45) is 0.108. The number of carbonyl (C=O) groups excluding carboxylic acids is 2. The van der Waals surface area contributed by atoms with Crippen LogP contribution in [0.5, 0.6) is 0 Å². The van der Waals surface area contributed by atoms with Crippen molar-refractivity contribution in [2.24, 2.45) is 0 Å². The normalized spacial score (nSPS) is 14.4. The average molecular weight is 282 g/mol. The fourth-order valence-electron chi connectivity index (χ4n) is 1.98. The van der Waals surface area contributed by atoms with Gasteiger partial charge in [0.2, 0.25) is 21.8 Å². The van der Waals surface area contributed by atoms with E-state index in [1.165, 1.54) is 13.8 Å². The zero-order chi connectivity index (χ0) is 14.2. The van der Waals surface area contributed by atoms with E-state index >= 15 is 0 Å². The number of hydrogen-bond acceptors (Lipinski definition) is 4. The highest BCUT2D eigenvalue weighted by atomic mass is 32.2. The molecule has 0 bridgehead atoms. The van der Waals surface area contributed by atoms with Gasteiger partial charge in [-0.3, -0.25) is 19.2 Å². The van der Waals surface area contributed by atoms with Crippen LogP contribution in [-0.2, 0) is 26.0 Å². The van der Waals surface area contributed by atoms with Crippen molar-refractivity contribution in [3.63, 3.8) is 0 Å². The monoisotopic (exact) mass is 282 g/mol. The third-order valence-corrected chi connectivity index (χ3v) is 4.19. The molecule has 0 saturated carbocycles. The van der Waals surface area contributed by atoms with Crippen molar-refractivity contribution in [3.05, 3.63) is 23.8 Å². The smallest absolute Gasteiger partial charge is 0.238 e. The van der Waals surface area contributed by atoms with E-state index in [9.17, 15) is 18.0 Å². The Balaban J connectivity index is 2.35. The van der Waals surface area contributed by atoms with Crippen LogP contribution < -0.4 is 9.62 Å². The molecule has 1 aromatic rings. The van der Waals surface area contributed by atoms with Gasteiger partial charge in [0.1, 0.15) is 0 Å². The third-order valence-electron chi connectivity index (χ3n) is 2.88. The minimum absolute atomic E-state index is 0.0252. The molecule has 1 heterocycles. The number of nitrogens with zero attached hydrogens (tertiary/aromatic N) is 1. The zero-order valence-electron chi connectivity index (χ0n) is 10.6. The summed E-state index contributed by atoms with van der Waals surface area (Å²) in [5.74, 6) is -0.661. The molecule has 0 atom stereocenters. The van der Waals surface area contributed by atoms with Crippen LogP contribution in [0.15, 0.2) is 18.2 Å². The number of sulfonamides is 1. The second-order valence-electron chi connectivity index (χ2n) is 4.27. The van der Waals surface area contributed by atoms with Gasteiger partial charge in [0.05, 0.1) is 17.9 Å². The average Bonchev–Trinajstić information content (AvgIpc) is 2.63. The van der Waals surface area contributed by atoms with Crippen molar-refractivity contribution in [1.29, 1.82) is 0 Å². The molecule has 19 heavy (non-hydrogen) atoms. The lowest BCUT2D eigenvalue weighted by Crippen LogP contribution is -2.31. The topological polar surface area (TPSA) is 83.6 Å². The van der Waals surface area contributed by atoms with Crippen LogP contribution >= 0.6 is 0 Å². The number of rotatable bonds is 3. The molecule has 2 amide bonds. The molecular formula is C12H14N2O4S. The lowest BCUT2D eigenvalue weighted by Gasteiger charge is -2.13. The van der Waals surface area contributed by atoms with E-state index in [4.69, 9.17) is 0 Å². The lowest BCUT2D eigenvalue weighted by molar-refractivity contribution is -0.124. The maximum absolute atomic E-state index is 11.7. The van der Waals surface area contributed by atoms with Crippen LogP contribution in [0.25, 0.3) is 0 Å². The van der Waals surface area contributed by atoms with E-state index in [0.717, 1.165) is 4.90 Å². The summed E-state index contributed by atoms with van der Waals surface area (Å²) in [6.45, 7) is 2.86. The number of hydrogen-bond donors (Lipinski definition) is 1. The molecule has 1 aromatic carbocycles. The van der Waals surface area contributed by atoms with E-state index in [1.54, 1.807) is 18.2 Å². The molecule has 0 aromatic heterocycles. The SMILES string of the molecule is CCS(=O)(=O)Nc1ccc2c(c1)CC(=O)N2C(C)=O. The Morgan fingerprint density at radius 1 is 1.42 bits per heavy atom. The van der Waals surface area contributed by atoms with Gasteiger partial charge in [-0.1, -0.05) is 0 Å². The minimum Gasteiger partial charge on any atom is -0.284 e. The van der Waals surface area contributed by atoms with E-state index in [2.05, 4.69) is 4.72 Å². The summed E-state index contributed by atoms with van der Waals surface area (Å²) in [4.78, 5) is 24.2. The second kappa shape index (κ2) is 4.65. The molecule has 1 aliphatic rings. The molecule has 2 rings (SSSR count). The molecule has 6 nitrogen and oxygen atoms in total. The predicted octanol–water partition coefficient (Wildman–Crippen LogP) is 0.884. The van der Waals surface area contributed by atoms with Crippen LogP contribution in [0.4, 0.5) is 11.4 Å². The fourth-order valence-corrected chi connectivity index (χ4v) is 2.61. The Labute approximate surface area is 111 Å². The maximum Gasteiger partial charge on any atom is 0.238 e. The van der Waals surface area contributed by atoms with E-state index in [1.807, 2.05) is 0 Å². The molecule has 0 unspecified atom stereocenters. The number of benzene rings is 1. The highest BCUT2D eigenvalue weighted by molar-refractivity contribution is 7.92. The van der Waals surface area contributed by atoms with Crippen molar-refractivity contribution in [1.82, 2.24) is 0 Å². The highest BCUT2D eigenvalue weighted by Crippen LogP contribution is 2.31. The number of imide groups is 1. The molecule has 0 aliphatic carbocycles. The number of nitrogens with one attached hydrogen (secondary N) is 1. The number of fused-ring (bicyclic) bond motifs is 1. The zero-order valence-corrected chi connectivity index (χ0v) is 11.5. The third kappa shape index (κ3) is 2.60. The van der Waals surface area contributed by atoms with Crippen LogP contribution in [0.1, 0.15) is 19.4 Å². The largest absolute Gasteiger partial charge is 0.284 e. The van der Waals surface area contributed by atoms with Crippen molar-refractivity contribution >= 4 is 33.2 Å².